The van der Waals surface area contributed by atoms with Crippen LogP contribution in [0.5, 0.6) is 0 Å². The van der Waals surface area contributed by atoms with Crippen LogP contribution < -0.4 is 0 Å². The molecule has 0 rings (SSSR count). The lowest BCUT2D eigenvalue weighted by Crippen LogP contribution is -1.76. The van der Waals surface area contributed by atoms with E-state index in [4.69, 9.17) is 0 Å². The molecule has 0 unspecified atom stereocenters. The summed E-state index contributed by atoms with van der Waals surface area (Å²) in [5, 5.41) is 0. The summed E-state index contributed by atoms with van der Waals surface area (Å²) in [7, 11) is 0.113. The van der Waals surface area contributed by atoms with Crippen molar-refractivity contribution in [1.82, 2.24) is 0 Å². The van der Waals surface area contributed by atoms with Crippen LogP contribution in [0.15, 0.2) is 24.4 Å². The van der Waals surface area contributed by atoms with Gasteiger partial charge in [0.25, 0.3) is 0 Å². The van der Waals surface area contributed by atoms with Crippen LogP contribution >= 0.6 is 0 Å². The maximum absolute atomic E-state index is 3.63. The van der Waals surface area contributed by atoms with Gasteiger partial charge < -0.3 is 0 Å². The predicted molar refractivity (Wildman–Crippen MR) is 38.4 cm³/mol. The molecule has 0 bridgehead atoms. The van der Waals surface area contributed by atoms with Crippen LogP contribution in [-0.2, 0) is 0 Å². The van der Waals surface area contributed by atoms with Crippen molar-refractivity contribution in [2.75, 3.05) is 0 Å². The van der Waals surface area contributed by atoms with Crippen LogP contribution in [0.2, 0.25) is 6.04 Å². The number of hydrogen-bond acceptors (Lipinski definition) is 0. The van der Waals surface area contributed by atoms with E-state index in [1.807, 2.05) is 6.08 Å². The lowest BCUT2D eigenvalue weighted by Gasteiger charge is -1.77. The van der Waals surface area contributed by atoms with E-state index in [9.17, 15) is 0 Å². The molecule has 0 aromatic carbocycles. The highest BCUT2D eigenvalue weighted by molar-refractivity contribution is 6.42. The summed E-state index contributed by atoms with van der Waals surface area (Å²) in [4.78, 5) is 0. The zero-order valence-corrected chi connectivity index (χ0v) is 6.27. The quantitative estimate of drug-likeness (QED) is 0.293. The molecule has 0 atom stereocenters. The second kappa shape index (κ2) is 5.70. The first-order chi connectivity index (χ1) is 3.41. The van der Waals surface area contributed by atoms with E-state index in [1.54, 1.807) is 0 Å². The molecule has 0 aliphatic rings. The van der Waals surface area contributed by atoms with E-state index in [1.165, 1.54) is 6.04 Å². The summed E-state index contributed by atoms with van der Waals surface area (Å²) in [5.41, 5.74) is 2.28. The third kappa shape index (κ3) is 5.70. The Morgan fingerprint density at radius 1 is 1.71 bits per heavy atom. The average molecular weight is 112 g/mol. The van der Waals surface area contributed by atoms with Gasteiger partial charge in [0.15, 0.2) is 0 Å². The van der Waals surface area contributed by atoms with Crippen molar-refractivity contribution >= 4 is 9.52 Å². The van der Waals surface area contributed by atoms with E-state index in [2.05, 4.69) is 25.3 Å². The van der Waals surface area contributed by atoms with Gasteiger partial charge in [-0.2, -0.15) is 0 Å². The second-order valence-corrected chi connectivity index (χ2v) is 3.06. The van der Waals surface area contributed by atoms with Gasteiger partial charge in [-0.25, -0.2) is 0 Å². The monoisotopic (exact) mass is 112 g/mol. The highest BCUT2D eigenvalue weighted by atomic mass is 28.2. The molecule has 0 amide bonds. The molecule has 0 aliphatic carbocycles. The first-order valence-corrected chi connectivity index (χ1v) is 4.45. The van der Waals surface area contributed by atoms with Gasteiger partial charge in [-0.1, -0.05) is 12.2 Å². The Morgan fingerprint density at radius 2 is 2.43 bits per heavy atom. The van der Waals surface area contributed by atoms with Gasteiger partial charge in [0.1, 0.15) is 0 Å². The van der Waals surface area contributed by atoms with Crippen LogP contribution in [0, 0.1) is 0 Å². The van der Waals surface area contributed by atoms with Crippen molar-refractivity contribution in [3.05, 3.63) is 24.4 Å². The minimum absolute atomic E-state index is 0.113. The van der Waals surface area contributed by atoms with Crippen LogP contribution in [0.4, 0.5) is 0 Å². The standard InChI is InChI=1S/C6H12Si/c1-3-5-7-6-4-2/h3-4,6H,1,5,7H2,2H3/b6-4+. The van der Waals surface area contributed by atoms with Crippen molar-refractivity contribution in [2.45, 2.75) is 13.0 Å². The molecule has 0 saturated carbocycles. The van der Waals surface area contributed by atoms with Gasteiger partial charge in [-0.15, -0.1) is 12.3 Å². The highest BCUT2D eigenvalue weighted by Crippen LogP contribution is 1.78. The number of allylic oxidation sites excluding steroid dienone is 2. The third-order valence-corrected chi connectivity index (χ3v) is 2.32. The first kappa shape index (κ1) is 6.70. The molecule has 0 radical (unpaired) electrons. The molecule has 0 aromatic rings. The topological polar surface area (TPSA) is 0 Å². The molecule has 0 spiro atoms. The first-order valence-electron chi connectivity index (χ1n) is 2.64. The zero-order valence-electron chi connectivity index (χ0n) is 4.85. The molecule has 0 aliphatic heterocycles. The van der Waals surface area contributed by atoms with Crippen molar-refractivity contribution < 1.29 is 0 Å². The Labute approximate surface area is 47.8 Å². The smallest absolute Gasteiger partial charge is 0.0486 e. The molecular weight excluding hydrogens is 100 g/mol. The fourth-order valence-corrected chi connectivity index (χ4v) is 1.14. The minimum Gasteiger partial charge on any atom is -0.105 e. The SMILES string of the molecule is C=CC[SiH2]/C=C/C. The summed E-state index contributed by atoms with van der Waals surface area (Å²) in [5.74, 6) is 0. The number of rotatable bonds is 3. The van der Waals surface area contributed by atoms with Gasteiger partial charge in [0.2, 0.25) is 0 Å². The number of hydrogen-bond donors (Lipinski definition) is 0. The third-order valence-electron chi connectivity index (χ3n) is 0.773. The van der Waals surface area contributed by atoms with Crippen molar-refractivity contribution in [3.8, 4) is 0 Å². The summed E-state index contributed by atoms with van der Waals surface area (Å²) >= 11 is 0. The lowest BCUT2D eigenvalue weighted by molar-refractivity contribution is 1.70. The Morgan fingerprint density at radius 3 is 2.86 bits per heavy atom. The molecule has 0 N–H and O–H groups in total. The molecule has 7 heavy (non-hydrogen) atoms. The van der Waals surface area contributed by atoms with Gasteiger partial charge >= 0.3 is 0 Å². The normalized spacial score (nSPS) is 11.6. The predicted octanol–water partition coefficient (Wildman–Crippen LogP) is 1.29. The fourth-order valence-electron chi connectivity index (χ4n) is 0.381. The van der Waals surface area contributed by atoms with Crippen molar-refractivity contribution in [3.63, 3.8) is 0 Å². The minimum atomic E-state index is 0.113. The summed E-state index contributed by atoms with van der Waals surface area (Å²) < 4.78 is 0. The summed E-state index contributed by atoms with van der Waals surface area (Å²) in [6.45, 7) is 5.70. The molecule has 40 valence electrons. The molecule has 0 nitrogen and oxygen atoms in total. The molecular formula is C6H12Si. The molecule has 0 saturated heterocycles. The second-order valence-electron chi connectivity index (χ2n) is 1.44. The van der Waals surface area contributed by atoms with Gasteiger partial charge in [0.05, 0.1) is 0 Å². The van der Waals surface area contributed by atoms with Crippen LogP contribution in [-0.4, -0.2) is 9.52 Å². The van der Waals surface area contributed by atoms with Crippen molar-refractivity contribution in [2.24, 2.45) is 0 Å². The van der Waals surface area contributed by atoms with E-state index in [0.29, 0.717) is 0 Å². The highest BCUT2D eigenvalue weighted by Gasteiger charge is 1.70. The fraction of sp³-hybridized carbons (Fsp3) is 0.333. The van der Waals surface area contributed by atoms with E-state index in [-0.39, 0.29) is 9.52 Å². The maximum Gasteiger partial charge on any atom is 0.0486 e. The maximum atomic E-state index is 3.63. The Hall–Kier alpha value is -0.303. The van der Waals surface area contributed by atoms with Crippen LogP contribution in [0.25, 0.3) is 0 Å². The lowest BCUT2D eigenvalue weighted by atomic mass is 10.8. The van der Waals surface area contributed by atoms with Gasteiger partial charge in [-0.3, -0.25) is 0 Å². The van der Waals surface area contributed by atoms with Crippen molar-refractivity contribution in [1.29, 1.82) is 0 Å². The van der Waals surface area contributed by atoms with Crippen LogP contribution in [0.3, 0.4) is 0 Å². The Kier molecular flexibility index (Phi) is 5.45. The molecule has 1 heteroatoms. The average Bonchev–Trinajstić information content (AvgIpc) is 1.69. The molecule has 0 aromatic heterocycles. The van der Waals surface area contributed by atoms with E-state index >= 15 is 0 Å². The zero-order chi connectivity index (χ0) is 5.54. The summed E-state index contributed by atoms with van der Waals surface area (Å²) in [6.07, 6.45) is 4.11. The van der Waals surface area contributed by atoms with E-state index < -0.39 is 0 Å². The molecule has 0 fully saturated rings. The van der Waals surface area contributed by atoms with E-state index in [0.717, 1.165) is 0 Å². The largest absolute Gasteiger partial charge is 0.105 e. The van der Waals surface area contributed by atoms with Gasteiger partial charge in [0, 0.05) is 9.52 Å². The van der Waals surface area contributed by atoms with Crippen LogP contribution in [0.1, 0.15) is 6.92 Å². The Balaban J connectivity index is 2.82. The van der Waals surface area contributed by atoms with Gasteiger partial charge in [-0.05, 0) is 13.0 Å². The molecule has 0 heterocycles. The Bertz CT molecular complexity index is 64.6. The summed E-state index contributed by atoms with van der Waals surface area (Å²) in [6, 6.07) is 1.24.